The Morgan fingerprint density at radius 2 is 1.86 bits per heavy atom. The van der Waals surface area contributed by atoms with Gasteiger partial charge in [-0.1, -0.05) is 23.7 Å². The molecule has 4 nitrogen and oxygen atoms in total. The highest BCUT2D eigenvalue weighted by Crippen LogP contribution is 2.22. The van der Waals surface area contributed by atoms with E-state index in [-0.39, 0.29) is 0 Å². The SMILES string of the molecule is COC(=O)c1cc(Cl)ccc1NCc1ccc(OC)cc1. The summed E-state index contributed by atoms with van der Waals surface area (Å²) < 4.78 is 9.87. The number of halogens is 1. The molecule has 2 aromatic carbocycles. The van der Waals surface area contributed by atoms with E-state index in [4.69, 9.17) is 21.1 Å². The van der Waals surface area contributed by atoms with Gasteiger partial charge in [-0.25, -0.2) is 4.79 Å². The lowest BCUT2D eigenvalue weighted by atomic mass is 10.1. The van der Waals surface area contributed by atoms with E-state index in [1.54, 1.807) is 25.3 Å². The third-order valence-corrected chi connectivity index (χ3v) is 3.26. The molecule has 0 heterocycles. The van der Waals surface area contributed by atoms with Crippen molar-refractivity contribution in [1.29, 1.82) is 0 Å². The minimum Gasteiger partial charge on any atom is -0.497 e. The van der Waals surface area contributed by atoms with Crippen molar-refractivity contribution < 1.29 is 14.3 Å². The van der Waals surface area contributed by atoms with Gasteiger partial charge in [0.2, 0.25) is 0 Å². The quantitative estimate of drug-likeness (QED) is 0.855. The van der Waals surface area contributed by atoms with Crippen molar-refractivity contribution in [2.75, 3.05) is 19.5 Å². The zero-order valence-electron chi connectivity index (χ0n) is 11.9. The summed E-state index contributed by atoms with van der Waals surface area (Å²) in [6, 6.07) is 12.8. The van der Waals surface area contributed by atoms with E-state index in [9.17, 15) is 4.79 Å². The number of carbonyl (C=O) groups is 1. The number of benzene rings is 2. The first-order valence-electron chi connectivity index (χ1n) is 6.38. The van der Waals surface area contributed by atoms with Crippen LogP contribution in [-0.4, -0.2) is 20.2 Å². The molecule has 0 bridgehead atoms. The predicted molar refractivity (Wildman–Crippen MR) is 83.1 cm³/mol. The van der Waals surface area contributed by atoms with E-state index in [2.05, 4.69) is 5.32 Å². The fourth-order valence-corrected chi connectivity index (χ4v) is 2.06. The number of hydrogen-bond acceptors (Lipinski definition) is 4. The molecule has 0 fully saturated rings. The summed E-state index contributed by atoms with van der Waals surface area (Å²) in [6.07, 6.45) is 0. The molecule has 0 saturated heterocycles. The molecular weight excluding hydrogens is 290 g/mol. The molecule has 2 rings (SSSR count). The van der Waals surface area contributed by atoms with Gasteiger partial charge >= 0.3 is 5.97 Å². The van der Waals surface area contributed by atoms with Gasteiger partial charge in [-0.3, -0.25) is 0 Å². The van der Waals surface area contributed by atoms with Crippen molar-refractivity contribution in [3.8, 4) is 5.75 Å². The number of methoxy groups -OCH3 is 2. The van der Waals surface area contributed by atoms with Crippen molar-refractivity contribution >= 4 is 23.3 Å². The van der Waals surface area contributed by atoms with Crippen molar-refractivity contribution in [2.24, 2.45) is 0 Å². The summed E-state index contributed by atoms with van der Waals surface area (Å²) in [5, 5.41) is 3.70. The zero-order chi connectivity index (χ0) is 15.2. The summed E-state index contributed by atoms with van der Waals surface area (Å²) >= 11 is 5.92. The standard InChI is InChI=1S/C16H16ClNO3/c1-20-13-6-3-11(4-7-13)10-18-15-8-5-12(17)9-14(15)16(19)21-2/h3-9,18H,10H2,1-2H3. The van der Waals surface area contributed by atoms with Gasteiger partial charge in [-0.05, 0) is 35.9 Å². The van der Waals surface area contributed by atoms with Gasteiger partial charge in [0.05, 0.1) is 19.8 Å². The molecule has 0 amide bonds. The van der Waals surface area contributed by atoms with Gasteiger partial charge in [0, 0.05) is 17.3 Å². The zero-order valence-corrected chi connectivity index (χ0v) is 12.6. The molecule has 0 spiro atoms. The maximum atomic E-state index is 11.7. The lowest BCUT2D eigenvalue weighted by Gasteiger charge is -2.11. The number of anilines is 1. The van der Waals surface area contributed by atoms with Crippen molar-refractivity contribution in [1.82, 2.24) is 0 Å². The van der Waals surface area contributed by atoms with E-state index in [0.29, 0.717) is 22.8 Å². The van der Waals surface area contributed by atoms with Gasteiger partial charge in [-0.15, -0.1) is 0 Å². The molecular formula is C16H16ClNO3. The predicted octanol–water partition coefficient (Wildman–Crippen LogP) is 3.75. The molecule has 0 atom stereocenters. The second-order valence-corrected chi connectivity index (χ2v) is 4.82. The van der Waals surface area contributed by atoms with E-state index in [1.165, 1.54) is 7.11 Å². The Morgan fingerprint density at radius 1 is 1.14 bits per heavy atom. The number of hydrogen-bond donors (Lipinski definition) is 1. The minimum atomic E-state index is -0.422. The highest BCUT2D eigenvalue weighted by molar-refractivity contribution is 6.31. The van der Waals surface area contributed by atoms with Crippen LogP contribution in [0.5, 0.6) is 5.75 Å². The average molecular weight is 306 g/mol. The van der Waals surface area contributed by atoms with Gasteiger partial charge in [0.25, 0.3) is 0 Å². The third kappa shape index (κ3) is 3.89. The van der Waals surface area contributed by atoms with Gasteiger partial charge in [-0.2, -0.15) is 0 Å². The first kappa shape index (κ1) is 15.2. The normalized spacial score (nSPS) is 10.0. The van der Waals surface area contributed by atoms with Crippen LogP contribution in [0, 0.1) is 0 Å². The molecule has 2 aromatic rings. The van der Waals surface area contributed by atoms with E-state index in [0.717, 1.165) is 11.3 Å². The van der Waals surface area contributed by atoms with Crippen LogP contribution in [0.3, 0.4) is 0 Å². The van der Waals surface area contributed by atoms with Crippen LogP contribution in [0.25, 0.3) is 0 Å². The molecule has 0 saturated carbocycles. The first-order chi connectivity index (χ1) is 10.1. The summed E-state index contributed by atoms with van der Waals surface area (Å²) in [5.41, 5.74) is 2.17. The summed E-state index contributed by atoms with van der Waals surface area (Å²) in [7, 11) is 2.97. The first-order valence-corrected chi connectivity index (χ1v) is 6.76. The smallest absolute Gasteiger partial charge is 0.340 e. The highest BCUT2D eigenvalue weighted by atomic mass is 35.5. The molecule has 110 valence electrons. The Labute approximate surface area is 128 Å². The molecule has 0 unspecified atom stereocenters. The summed E-state index contributed by atoms with van der Waals surface area (Å²) in [4.78, 5) is 11.7. The van der Waals surface area contributed by atoms with E-state index < -0.39 is 5.97 Å². The summed E-state index contributed by atoms with van der Waals surface area (Å²) in [5.74, 6) is 0.384. The number of rotatable bonds is 5. The minimum absolute atomic E-state index is 0.415. The number of ether oxygens (including phenoxy) is 2. The average Bonchev–Trinajstić information content (AvgIpc) is 2.53. The van der Waals surface area contributed by atoms with Gasteiger partial charge < -0.3 is 14.8 Å². The lowest BCUT2D eigenvalue weighted by Crippen LogP contribution is -2.08. The van der Waals surface area contributed by atoms with Crippen LogP contribution in [0.2, 0.25) is 5.02 Å². The molecule has 0 aliphatic carbocycles. The third-order valence-electron chi connectivity index (χ3n) is 3.03. The number of nitrogens with one attached hydrogen (secondary N) is 1. The van der Waals surface area contributed by atoms with Crippen molar-refractivity contribution in [2.45, 2.75) is 6.54 Å². The van der Waals surface area contributed by atoms with Crippen LogP contribution < -0.4 is 10.1 Å². The second-order valence-electron chi connectivity index (χ2n) is 4.38. The highest BCUT2D eigenvalue weighted by Gasteiger charge is 2.12. The maximum absolute atomic E-state index is 11.7. The Morgan fingerprint density at radius 3 is 2.48 bits per heavy atom. The van der Waals surface area contributed by atoms with Crippen LogP contribution in [-0.2, 0) is 11.3 Å². The van der Waals surface area contributed by atoms with Gasteiger partial charge in [0.1, 0.15) is 5.75 Å². The van der Waals surface area contributed by atoms with Crippen LogP contribution in [0.4, 0.5) is 5.69 Å². The van der Waals surface area contributed by atoms with E-state index in [1.807, 2.05) is 24.3 Å². The fourth-order valence-electron chi connectivity index (χ4n) is 1.89. The van der Waals surface area contributed by atoms with Crippen LogP contribution in [0.15, 0.2) is 42.5 Å². The number of carbonyl (C=O) groups excluding carboxylic acids is 1. The molecule has 0 aliphatic rings. The molecule has 5 heteroatoms. The molecule has 1 N–H and O–H groups in total. The molecule has 0 aromatic heterocycles. The fraction of sp³-hybridized carbons (Fsp3) is 0.188. The summed E-state index contributed by atoms with van der Waals surface area (Å²) in [6.45, 7) is 0.579. The number of esters is 1. The monoisotopic (exact) mass is 305 g/mol. The largest absolute Gasteiger partial charge is 0.497 e. The Balaban J connectivity index is 2.13. The Kier molecular flexibility index (Phi) is 5.06. The Hall–Kier alpha value is -2.20. The van der Waals surface area contributed by atoms with Crippen LogP contribution in [0.1, 0.15) is 15.9 Å². The van der Waals surface area contributed by atoms with Crippen molar-refractivity contribution in [3.05, 3.63) is 58.6 Å². The van der Waals surface area contributed by atoms with Crippen LogP contribution >= 0.6 is 11.6 Å². The van der Waals surface area contributed by atoms with Gasteiger partial charge in [0.15, 0.2) is 0 Å². The second kappa shape index (κ2) is 6.99. The Bertz CT molecular complexity index is 626. The molecule has 21 heavy (non-hydrogen) atoms. The topological polar surface area (TPSA) is 47.6 Å². The maximum Gasteiger partial charge on any atom is 0.340 e. The van der Waals surface area contributed by atoms with Crippen molar-refractivity contribution in [3.63, 3.8) is 0 Å². The molecule has 0 aliphatic heterocycles. The van der Waals surface area contributed by atoms with E-state index >= 15 is 0 Å². The lowest BCUT2D eigenvalue weighted by molar-refractivity contribution is 0.0602. The molecule has 0 radical (unpaired) electrons.